The molecule has 0 saturated heterocycles. The van der Waals surface area contributed by atoms with Gasteiger partial charge in [-0.1, -0.05) is 25.3 Å². The summed E-state index contributed by atoms with van der Waals surface area (Å²) in [5.74, 6) is 0.805. The molecule has 0 unspecified atom stereocenters. The lowest BCUT2D eigenvalue weighted by atomic mass is 10.3. The fourth-order valence-electron chi connectivity index (χ4n) is 0.512. The molecule has 10 heavy (non-hydrogen) atoms. The molecular formula is C9H14O. The summed E-state index contributed by atoms with van der Waals surface area (Å²) in [7, 11) is 0. The minimum Gasteiger partial charge on any atom is -0.495 e. The molecule has 0 aliphatic carbocycles. The summed E-state index contributed by atoms with van der Waals surface area (Å²) < 4.78 is 5.13. The van der Waals surface area contributed by atoms with Gasteiger partial charge in [-0.05, 0) is 6.42 Å². The van der Waals surface area contributed by atoms with Gasteiger partial charge in [-0.3, -0.25) is 0 Å². The molecule has 0 radical (unpaired) electrons. The van der Waals surface area contributed by atoms with Gasteiger partial charge in [0, 0.05) is 6.42 Å². The normalized spacial score (nSPS) is 8.40. The van der Waals surface area contributed by atoms with Gasteiger partial charge in [0.05, 0.1) is 5.76 Å². The number of allylic oxidation sites excluding steroid dienone is 2. The van der Waals surface area contributed by atoms with Crippen molar-refractivity contribution in [3.8, 4) is 0 Å². The standard InChI is InChI=1S/C9H14O/c1-4-6-7-9(3)10-8-5-2/h4-5H,1-3,6-8H2. The Morgan fingerprint density at radius 2 is 2.00 bits per heavy atom. The Bertz CT molecular complexity index is 111. The molecule has 0 rings (SSSR count). The summed E-state index contributed by atoms with van der Waals surface area (Å²) in [6.07, 6.45) is 5.34. The van der Waals surface area contributed by atoms with E-state index in [0.717, 1.165) is 18.6 Å². The highest BCUT2D eigenvalue weighted by atomic mass is 16.5. The van der Waals surface area contributed by atoms with Gasteiger partial charge < -0.3 is 4.74 Å². The quantitative estimate of drug-likeness (QED) is 0.405. The van der Waals surface area contributed by atoms with Crippen molar-refractivity contribution < 1.29 is 4.74 Å². The van der Waals surface area contributed by atoms with Crippen molar-refractivity contribution in [3.05, 3.63) is 37.6 Å². The van der Waals surface area contributed by atoms with Gasteiger partial charge in [-0.2, -0.15) is 0 Å². The zero-order chi connectivity index (χ0) is 7.82. The predicted molar refractivity (Wildman–Crippen MR) is 44.7 cm³/mol. The molecule has 0 amide bonds. The Labute approximate surface area is 62.7 Å². The summed E-state index contributed by atoms with van der Waals surface area (Å²) in [6, 6.07) is 0. The molecule has 1 heteroatoms. The molecule has 0 fully saturated rings. The number of rotatable bonds is 6. The highest BCUT2D eigenvalue weighted by Gasteiger charge is 1.89. The maximum atomic E-state index is 5.13. The first-order chi connectivity index (χ1) is 4.81. The van der Waals surface area contributed by atoms with E-state index in [1.807, 2.05) is 6.08 Å². The van der Waals surface area contributed by atoms with E-state index in [9.17, 15) is 0 Å². The smallest absolute Gasteiger partial charge is 0.106 e. The molecule has 0 aromatic rings. The highest BCUT2D eigenvalue weighted by molar-refractivity contribution is 4.86. The molecule has 56 valence electrons. The van der Waals surface area contributed by atoms with Gasteiger partial charge in [0.2, 0.25) is 0 Å². The second kappa shape index (κ2) is 6.14. The van der Waals surface area contributed by atoms with E-state index in [2.05, 4.69) is 19.7 Å². The van der Waals surface area contributed by atoms with Crippen LogP contribution >= 0.6 is 0 Å². The Kier molecular flexibility index (Phi) is 5.54. The second-order valence-electron chi connectivity index (χ2n) is 1.97. The largest absolute Gasteiger partial charge is 0.495 e. The molecule has 0 aliphatic heterocycles. The highest BCUT2D eigenvalue weighted by Crippen LogP contribution is 2.03. The number of hydrogen-bond acceptors (Lipinski definition) is 1. The van der Waals surface area contributed by atoms with Crippen LogP contribution in [0.4, 0.5) is 0 Å². The van der Waals surface area contributed by atoms with Crippen molar-refractivity contribution in [1.82, 2.24) is 0 Å². The van der Waals surface area contributed by atoms with Gasteiger partial charge in [-0.15, -0.1) is 6.58 Å². The van der Waals surface area contributed by atoms with Crippen molar-refractivity contribution in [1.29, 1.82) is 0 Å². The van der Waals surface area contributed by atoms with E-state index in [0.29, 0.717) is 6.61 Å². The number of hydrogen-bond donors (Lipinski definition) is 0. The third kappa shape index (κ3) is 5.16. The van der Waals surface area contributed by atoms with Crippen LogP contribution in [-0.4, -0.2) is 6.61 Å². The monoisotopic (exact) mass is 138 g/mol. The topological polar surface area (TPSA) is 9.23 Å². The Hall–Kier alpha value is -0.980. The van der Waals surface area contributed by atoms with E-state index in [1.165, 1.54) is 0 Å². The van der Waals surface area contributed by atoms with Crippen LogP contribution in [0.25, 0.3) is 0 Å². The Balaban J connectivity index is 3.24. The van der Waals surface area contributed by atoms with Crippen molar-refractivity contribution in [2.75, 3.05) is 6.61 Å². The molecule has 0 atom stereocenters. The summed E-state index contributed by atoms with van der Waals surface area (Å²) in [5.41, 5.74) is 0. The fourth-order valence-corrected chi connectivity index (χ4v) is 0.512. The van der Waals surface area contributed by atoms with Crippen LogP contribution in [0.1, 0.15) is 12.8 Å². The SMILES string of the molecule is C=CCCC(=C)OCC=C. The second-order valence-corrected chi connectivity index (χ2v) is 1.97. The van der Waals surface area contributed by atoms with Crippen LogP contribution in [0.5, 0.6) is 0 Å². The van der Waals surface area contributed by atoms with Crippen molar-refractivity contribution >= 4 is 0 Å². The molecular weight excluding hydrogens is 124 g/mol. The lowest BCUT2D eigenvalue weighted by Gasteiger charge is -2.03. The van der Waals surface area contributed by atoms with Crippen LogP contribution in [0.3, 0.4) is 0 Å². The van der Waals surface area contributed by atoms with E-state index in [4.69, 9.17) is 4.74 Å². The first kappa shape index (κ1) is 9.02. The van der Waals surface area contributed by atoms with Crippen LogP contribution in [0.2, 0.25) is 0 Å². The van der Waals surface area contributed by atoms with Crippen LogP contribution in [0.15, 0.2) is 37.6 Å². The molecule has 0 heterocycles. The molecule has 0 N–H and O–H groups in total. The number of ether oxygens (including phenoxy) is 1. The lowest BCUT2D eigenvalue weighted by Crippen LogP contribution is -1.89. The zero-order valence-corrected chi connectivity index (χ0v) is 6.31. The Morgan fingerprint density at radius 1 is 1.30 bits per heavy atom. The summed E-state index contributed by atoms with van der Waals surface area (Å²) in [6.45, 7) is 11.4. The molecule has 0 saturated carbocycles. The Morgan fingerprint density at radius 3 is 2.50 bits per heavy atom. The zero-order valence-electron chi connectivity index (χ0n) is 6.31. The fraction of sp³-hybridized carbons (Fsp3) is 0.333. The lowest BCUT2D eigenvalue weighted by molar-refractivity contribution is 0.238. The van der Waals surface area contributed by atoms with Gasteiger partial charge in [0.15, 0.2) is 0 Å². The summed E-state index contributed by atoms with van der Waals surface area (Å²) in [4.78, 5) is 0. The van der Waals surface area contributed by atoms with Crippen LogP contribution in [-0.2, 0) is 4.74 Å². The third-order valence-electron chi connectivity index (χ3n) is 1.03. The van der Waals surface area contributed by atoms with E-state index >= 15 is 0 Å². The van der Waals surface area contributed by atoms with Crippen molar-refractivity contribution in [2.45, 2.75) is 12.8 Å². The van der Waals surface area contributed by atoms with Gasteiger partial charge >= 0.3 is 0 Å². The average molecular weight is 138 g/mol. The maximum Gasteiger partial charge on any atom is 0.106 e. The van der Waals surface area contributed by atoms with Crippen molar-refractivity contribution in [3.63, 3.8) is 0 Å². The average Bonchev–Trinajstić information content (AvgIpc) is 1.97. The summed E-state index contributed by atoms with van der Waals surface area (Å²) in [5, 5.41) is 0. The predicted octanol–water partition coefficient (Wildman–Crippen LogP) is 2.67. The first-order valence-electron chi connectivity index (χ1n) is 3.33. The van der Waals surface area contributed by atoms with Crippen molar-refractivity contribution in [2.24, 2.45) is 0 Å². The van der Waals surface area contributed by atoms with Gasteiger partial charge in [0.25, 0.3) is 0 Å². The molecule has 0 aliphatic rings. The molecule has 1 nitrogen and oxygen atoms in total. The van der Waals surface area contributed by atoms with Crippen LogP contribution in [0, 0.1) is 0 Å². The van der Waals surface area contributed by atoms with E-state index < -0.39 is 0 Å². The maximum absolute atomic E-state index is 5.13. The van der Waals surface area contributed by atoms with Gasteiger partial charge in [-0.25, -0.2) is 0 Å². The first-order valence-corrected chi connectivity index (χ1v) is 3.33. The molecule has 0 spiro atoms. The summed E-state index contributed by atoms with van der Waals surface area (Å²) >= 11 is 0. The van der Waals surface area contributed by atoms with E-state index in [1.54, 1.807) is 6.08 Å². The molecule has 0 aromatic carbocycles. The minimum absolute atomic E-state index is 0.552. The molecule has 0 aromatic heterocycles. The minimum atomic E-state index is 0.552. The third-order valence-corrected chi connectivity index (χ3v) is 1.03. The molecule has 0 bridgehead atoms. The van der Waals surface area contributed by atoms with Crippen LogP contribution < -0.4 is 0 Å². The van der Waals surface area contributed by atoms with E-state index in [-0.39, 0.29) is 0 Å². The van der Waals surface area contributed by atoms with Gasteiger partial charge in [0.1, 0.15) is 6.61 Å².